The van der Waals surface area contributed by atoms with Crippen LogP contribution in [0.2, 0.25) is 0 Å². The van der Waals surface area contributed by atoms with Crippen LogP contribution in [0.3, 0.4) is 0 Å². The predicted octanol–water partition coefficient (Wildman–Crippen LogP) is 3.71. The molecule has 2 rings (SSSR count). The number of ketones is 1. The zero-order chi connectivity index (χ0) is 14.6. The van der Waals surface area contributed by atoms with Crippen molar-refractivity contribution < 1.29 is 14.3 Å². The summed E-state index contributed by atoms with van der Waals surface area (Å²) >= 11 is 0. The van der Waals surface area contributed by atoms with Gasteiger partial charge in [0.15, 0.2) is 12.1 Å². The minimum absolute atomic E-state index is 0.116. The fourth-order valence-electron chi connectivity index (χ4n) is 2.25. The maximum Gasteiger partial charge on any atom is 0.163 e. The minimum atomic E-state index is -0.207. The van der Waals surface area contributed by atoms with Crippen LogP contribution >= 0.6 is 0 Å². The number of carbonyl (C=O) groups is 1. The molecular formula is C17H24O3. The summed E-state index contributed by atoms with van der Waals surface area (Å²) in [6.45, 7) is 7.98. The molecule has 110 valence electrons. The lowest BCUT2D eigenvalue weighted by molar-refractivity contribution is -0.180. The van der Waals surface area contributed by atoms with Crippen LogP contribution in [0, 0.1) is 0 Å². The van der Waals surface area contributed by atoms with Crippen molar-refractivity contribution in [3.05, 3.63) is 35.4 Å². The fraction of sp³-hybridized carbons (Fsp3) is 0.588. The summed E-state index contributed by atoms with van der Waals surface area (Å²) in [6, 6.07) is 7.93. The number of hydrogen-bond donors (Lipinski definition) is 0. The zero-order valence-electron chi connectivity index (χ0n) is 12.6. The van der Waals surface area contributed by atoms with E-state index in [0.29, 0.717) is 12.8 Å². The second-order valence-corrected chi connectivity index (χ2v) is 6.31. The van der Waals surface area contributed by atoms with Crippen molar-refractivity contribution in [2.75, 3.05) is 13.2 Å². The van der Waals surface area contributed by atoms with Crippen LogP contribution in [0.15, 0.2) is 24.3 Å². The Hall–Kier alpha value is -1.19. The van der Waals surface area contributed by atoms with Crippen molar-refractivity contribution in [3.63, 3.8) is 0 Å². The molecule has 1 saturated heterocycles. The molecule has 1 heterocycles. The van der Waals surface area contributed by atoms with Gasteiger partial charge in [0.2, 0.25) is 0 Å². The molecule has 0 aromatic heterocycles. The van der Waals surface area contributed by atoms with Gasteiger partial charge in [0.1, 0.15) is 0 Å². The summed E-state index contributed by atoms with van der Waals surface area (Å²) in [6.07, 6.45) is 1.85. The summed E-state index contributed by atoms with van der Waals surface area (Å²) in [5, 5.41) is 0. The lowest BCUT2D eigenvalue weighted by Gasteiger charge is -2.22. The number of benzene rings is 1. The Kier molecular flexibility index (Phi) is 4.95. The summed E-state index contributed by atoms with van der Waals surface area (Å²) in [5.74, 6) is 0.156. The van der Waals surface area contributed by atoms with E-state index in [1.807, 2.05) is 24.3 Å². The monoisotopic (exact) mass is 276 g/mol. The van der Waals surface area contributed by atoms with Crippen LogP contribution in [0.25, 0.3) is 0 Å². The molecule has 3 heteroatoms. The first-order chi connectivity index (χ1) is 9.47. The zero-order valence-corrected chi connectivity index (χ0v) is 12.6. The Bertz CT molecular complexity index is 436. The third-order valence-corrected chi connectivity index (χ3v) is 3.58. The minimum Gasteiger partial charge on any atom is -0.353 e. The number of hydrogen-bond acceptors (Lipinski definition) is 3. The molecule has 0 unspecified atom stereocenters. The summed E-state index contributed by atoms with van der Waals surface area (Å²) < 4.78 is 10.9. The SMILES string of the molecule is CC(C)(C)c1ccc(C(=O)CCC2OCCCO2)cc1. The van der Waals surface area contributed by atoms with E-state index in [1.54, 1.807) is 0 Å². The highest BCUT2D eigenvalue weighted by Crippen LogP contribution is 2.23. The molecule has 3 nitrogen and oxygen atoms in total. The number of rotatable bonds is 4. The highest BCUT2D eigenvalue weighted by Gasteiger charge is 2.17. The van der Waals surface area contributed by atoms with Crippen LogP contribution in [0.1, 0.15) is 56.0 Å². The Balaban J connectivity index is 1.89. The molecule has 0 amide bonds. The molecule has 1 aromatic rings. The lowest BCUT2D eigenvalue weighted by atomic mass is 9.86. The molecule has 20 heavy (non-hydrogen) atoms. The molecule has 1 aromatic carbocycles. The molecule has 1 aliphatic heterocycles. The molecule has 0 saturated carbocycles. The number of Topliss-reactive ketones (excluding diaryl/α,β-unsaturated/α-hetero) is 1. The summed E-state index contributed by atoms with van der Waals surface area (Å²) in [4.78, 5) is 12.1. The smallest absolute Gasteiger partial charge is 0.163 e. The van der Waals surface area contributed by atoms with Crippen molar-refractivity contribution in [2.24, 2.45) is 0 Å². The van der Waals surface area contributed by atoms with Crippen LogP contribution < -0.4 is 0 Å². The normalized spacial score (nSPS) is 17.1. The van der Waals surface area contributed by atoms with Crippen LogP contribution in [-0.2, 0) is 14.9 Å². The van der Waals surface area contributed by atoms with Gasteiger partial charge >= 0.3 is 0 Å². The first-order valence-corrected chi connectivity index (χ1v) is 7.34. The van der Waals surface area contributed by atoms with Gasteiger partial charge in [-0.2, -0.15) is 0 Å². The third-order valence-electron chi connectivity index (χ3n) is 3.58. The van der Waals surface area contributed by atoms with Gasteiger partial charge in [0, 0.05) is 18.4 Å². The van der Waals surface area contributed by atoms with Crippen molar-refractivity contribution in [1.29, 1.82) is 0 Å². The van der Waals surface area contributed by atoms with E-state index in [0.717, 1.165) is 25.2 Å². The van der Waals surface area contributed by atoms with Crippen molar-refractivity contribution in [2.45, 2.75) is 51.7 Å². The topological polar surface area (TPSA) is 35.5 Å². The molecule has 1 fully saturated rings. The van der Waals surface area contributed by atoms with Crippen molar-refractivity contribution in [1.82, 2.24) is 0 Å². The van der Waals surface area contributed by atoms with Crippen LogP contribution in [0.4, 0.5) is 0 Å². The molecular weight excluding hydrogens is 252 g/mol. The van der Waals surface area contributed by atoms with Crippen LogP contribution in [0.5, 0.6) is 0 Å². The Morgan fingerprint density at radius 1 is 1.15 bits per heavy atom. The Labute approximate surface area is 121 Å². The number of ether oxygens (including phenoxy) is 2. The molecule has 1 aliphatic rings. The number of carbonyl (C=O) groups excluding carboxylic acids is 1. The lowest BCUT2D eigenvalue weighted by Crippen LogP contribution is -2.25. The van der Waals surface area contributed by atoms with Gasteiger partial charge in [-0.25, -0.2) is 0 Å². The van der Waals surface area contributed by atoms with E-state index in [9.17, 15) is 4.79 Å². The average Bonchev–Trinajstić information content (AvgIpc) is 2.45. The maximum absolute atomic E-state index is 12.1. The van der Waals surface area contributed by atoms with Gasteiger partial charge in [-0.15, -0.1) is 0 Å². The van der Waals surface area contributed by atoms with E-state index < -0.39 is 0 Å². The van der Waals surface area contributed by atoms with E-state index in [2.05, 4.69) is 20.8 Å². The van der Waals surface area contributed by atoms with E-state index >= 15 is 0 Å². The first kappa shape index (κ1) is 15.2. The maximum atomic E-state index is 12.1. The van der Waals surface area contributed by atoms with Gasteiger partial charge < -0.3 is 9.47 Å². The molecule has 0 aliphatic carbocycles. The fourth-order valence-corrected chi connectivity index (χ4v) is 2.25. The Morgan fingerprint density at radius 3 is 2.30 bits per heavy atom. The van der Waals surface area contributed by atoms with Crippen LogP contribution in [-0.4, -0.2) is 25.3 Å². The van der Waals surface area contributed by atoms with E-state index in [1.165, 1.54) is 5.56 Å². The standard InChI is InChI=1S/C17H24O3/c1-17(2,3)14-7-5-13(6-8-14)15(18)9-10-16-19-11-4-12-20-16/h5-8,16H,4,9-12H2,1-3H3. The Morgan fingerprint density at radius 2 is 1.75 bits per heavy atom. The first-order valence-electron chi connectivity index (χ1n) is 7.34. The average molecular weight is 276 g/mol. The van der Waals surface area contributed by atoms with Gasteiger partial charge in [-0.05, 0) is 17.4 Å². The van der Waals surface area contributed by atoms with E-state index in [4.69, 9.17) is 9.47 Å². The molecule has 0 N–H and O–H groups in total. The predicted molar refractivity (Wildman–Crippen MR) is 79.0 cm³/mol. The second-order valence-electron chi connectivity index (χ2n) is 6.31. The van der Waals surface area contributed by atoms with Gasteiger partial charge in [0.25, 0.3) is 0 Å². The van der Waals surface area contributed by atoms with Gasteiger partial charge in [-0.3, -0.25) is 4.79 Å². The summed E-state index contributed by atoms with van der Waals surface area (Å²) in [5.41, 5.74) is 2.13. The molecule has 0 atom stereocenters. The molecule has 0 radical (unpaired) electrons. The molecule has 0 bridgehead atoms. The second kappa shape index (κ2) is 6.51. The summed E-state index contributed by atoms with van der Waals surface area (Å²) in [7, 11) is 0. The molecule has 0 spiro atoms. The van der Waals surface area contributed by atoms with Gasteiger partial charge in [-0.1, -0.05) is 45.0 Å². The third kappa shape index (κ3) is 4.15. The van der Waals surface area contributed by atoms with E-state index in [-0.39, 0.29) is 17.5 Å². The van der Waals surface area contributed by atoms with Crippen molar-refractivity contribution >= 4 is 5.78 Å². The van der Waals surface area contributed by atoms with Gasteiger partial charge in [0.05, 0.1) is 13.2 Å². The highest BCUT2D eigenvalue weighted by atomic mass is 16.7. The quantitative estimate of drug-likeness (QED) is 0.786. The van der Waals surface area contributed by atoms with Crippen molar-refractivity contribution in [3.8, 4) is 0 Å². The largest absolute Gasteiger partial charge is 0.353 e. The highest BCUT2D eigenvalue weighted by molar-refractivity contribution is 5.96.